The Hall–Kier alpha value is -2.87. The van der Waals surface area contributed by atoms with E-state index in [-0.39, 0.29) is 11.3 Å². The number of methoxy groups -OCH3 is 1. The van der Waals surface area contributed by atoms with Crippen LogP contribution in [0.25, 0.3) is 10.9 Å². The lowest BCUT2D eigenvalue weighted by atomic mass is 10.2. The molecular weight excluding hydrogens is 335 g/mol. The van der Waals surface area contributed by atoms with Gasteiger partial charge in [-0.3, -0.25) is 9.71 Å². The third kappa shape index (κ3) is 3.23. The largest absolute Gasteiger partial charge is 0.494 e. The molecular formula is C16H13FN2O4S. The zero-order valence-corrected chi connectivity index (χ0v) is 13.4. The van der Waals surface area contributed by atoms with E-state index in [2.05, 4.69) is 9.71 Å². The van der Waals surface area contributed by atoms with Gasteiger partial charge in [-0.15, -0.1) is 0 Å². The highest BCUT2D eigenvalue weighted by Gasteiger charge is 2.12. The third-order valence-corrected chi connectivity index (χ3v) is 3.74. The molecule has 0 saturated heterocycles. The maximum absolute atomic E-state index is 14.3. The number of halogens is 1. The maximum atomic E-state index is 14.3. The smallest absolute Gasteiger partial charge is 0.222 e. The summed E-state index contributed by atoms with van der Waals surface area (Å²) in [6.07, 6.45) is 1.44. The summed E-state index contributed by atoms with van der Waals surface area (Å²) in [4.78, 5) is 4.03. The van der Waals surface area contributed by atoms with Crippen molar-refractivity contribution in [2.45, 2.75) is 0 Å². The van der Waals surface area contributed by atoms with Gasteiger partial charge in [0, 0.05) is 17.3 Å². The molecule has 0 aliphatic heterocycles. The number of rotatable bonds is 5. The van der Waals surface area contributed by atoms with Crippen molar-refractivity contribution < 1.29 is 22.3 Å². The van der Waals surface area contributed by atoms with E-state index in [0.717, 1.165) is 0 Å². The standard InChI is InChI=1S/C16H13FN2O4S/c1-22-14-7-6-12-13(8-9-18-16(12)15(14)17)23-11-4-2-10(3-5-11)19-24(20)21/h2-9,24H,1H3,(H,19,20,21). The van der Waals surface area contributed by atoms with Gasteiger partial charge in [-0.2, -0.15) is 0 Å². The molecule has 6 nitrogen and oxygen atoms in total. The van der Waals surface area contributed by atoms with Crippen LogP contribution in [-0.2, 0) is 10.9 Å². The van der Waals surface area contributed by atoms with Crippen LogP contribution in [0.3, 0.4) is 0 Å². The second-order valence-electron chi connectivity index (χ2n) is 4.78. The lowest BCUT2D eigenvalue weighted by molar-refractivity contribution is 0.388. The first kappa shape index (κ1) is 16.0. The predicted molar refractivity (Wildman–Crippen MR) is 88.7 cm³/mol. The number of pyridine rings is 1. The van der Waals surface area contributed by atoms with E-state index in [0.29, 0.717) is 22.6 Å². The van der Waals surface area contributed by atoms with Gasteiger partial charge in [-0.25, -0.2) is 12.8 Å². The monoisotopic (exact) mass is 348 g/mol. The Balaban J connectivity index is 1.94. The second kappa shape index (κ2) is 6.71. The van der Waals surface area contributed by atoms with Crippen LogP contribution in [0.5, 0.6) is 17.2 Å². The number of nitrogens with zero attached hydrogens (tertiary/aromatic N) is 1. The first-order chi connectivity index (χ1) is 11.6. The topological polar surface area (TPSA) is 77.5 Å². The molecule has 8 heteroatoms. The number of fused-ring (bicyclic) bond motifs is 1. The van der Waals surface area contributed by atoms with Crippen LogP contribution in [0.2, 0.25) is 0 Å². The minimum Gasteiger partial charge on any atom is -0.494 e. The molecule has 1 aromatic heterocycles. The molecule has 3 rings (SSSR count). The lowest BCUT2D eigenvalue weighted by Crippen LogP contribution is -1.95. The van der Waals surface area contributed by atoms with Gasteiger partial charge < -0.3 is 9.47 Å². The highest BCUT2D eigenvalue weighted by molar-refractivity contribution is 7.73. The third-order valence-electron chi connectivity index (χ3n) is 3.30. The first-order valence-corrected chi connectivity index (χ1v) is 8.06. The number of aromatic nitrogens is 1. The fraction of sp³-hybridized carbons (Fsp3) is 0.0625. The Bertz CT molecular complexity index is 950. The molecule has 0 bridgehead atoms. The fourth-order valence-electron chi connectivity index (χ4n) is 2.22. The van der Waals surface area contributed by atoms with Gasteiger partial charge in [0.15, 0.2) is 11.6 Å². The maximum Gasteiger partial charge on any atom is 0.222 e. The molecule has 1 N–H and O–H groups in total. The normalized spacial score (nSPS) is 10.8. The zero-order chi connectivity index (χ0) is 17.1. The summed E-state index contributed by atoms with van der Waals surface area (Å²) in [5, 5.41) is 0.501. The van der Waals surface area contributed by atoms with Gasteiger partial charge in [-0.1, -0.05) is 0 Å². The molecule has 0 spiro atoms. The van der Waals surface area contributed by atoms with E-state index >= 15 is 0 Å². The van der Waals surface area contributed by atoms with Crippen molar-refractivity contribution in [3.8, 4) is 17.2 Å². The van der Waals surface area contributed by atoms with Gasteiger partial charge >= 0.3 is 0 Å². The molecule has 2 aromatic carbocycles. The van der Waals surface area contributed by atoms with Crippen molar-refractivity contribution in [3.63, 3.8) is 0 Å². The summed E-state index contributed by atoms with van der Waals surface area (Å²) in [5.41, 5.74) is 0.572. The Kier molecular flexibility index (Phi) is 4.48. The van der Waals surface area contributed by atoms with E-state index in [9.17, 15) is 12.8 Å². The summed E-state index contributed by atoms with van der Waals surface area (Å²) >= 11 is 0. The summed E-state index contributed by atoms with van der Waals surface area (Å²) in [7, 11) is -1.33. The predicted octanol–water partition coefficient (Wildman–Crippen LogP) is 3.11. The molecule has 0 unspecified atom stereocenters. The van der Waals surface area contributed by atoms with E-state index in [4.69, 9.17) is 9.47 Å². The van der Waals surface area contributed by atoms with Gasteiger partial charge in [0.05, 0.1) is 7.11 Å². The Labute approximate surface area is 138 Å². The molecule has 0 radical (unpaired) electrons. The summed E-state index contributed by atoms with van der Waals surface area (Å²) in [6, 6.07) is 11.1. The quantitative estimate of drug-likeness (QED) is 0.693. The SMILES string of the molecule is COc1ccc2c(Oc3ccc(N[SH](=O)=O)cc3)ccnc2c1F. The number of anilines is 1. The van der Waals surface area contributed by atoms with Crippen LogP contribution in [0.1, 0.15) is 0 Å². The highest BCUT2D eigenvalue weighted by atomic mass is 32.2. The minimum atomic E-state index is -2.72. The van der Waals surface area contributed by atoms with E-state index in [1.165, 1.54) is 19.4 Å². The van der Waals surface area contributed by atoms with E-state index < -0.39 is 16.7 Å². The summed E-state index contributed by atoms with van der Waals surface area (Å²) in [5.74, 6) is 0.455. The molecule has 0 atom stereocenters. The van der Waals surface area contributed by atoms with Gasteiger partial charge in [-0.05, 0) is 42.5 Å². The Morgan fingerprint density at radius 1 is 1.04 bits per heavy atom. The van der Waals surface area contributed by atoms with Crippen molar-refractivity contribution >= 4 is 27.5 Å². The molecule has 0 amide bonds. The van der Waals surface area contributed by atoms with Crippen molar-refractivity contribution in [3.05, 3.63) is 54.5 Å². The molecule has 24 heavy (non-hydrogen) atoms. The number of ether oxygens (including phenoxy) is 2. The number of nitrogens with one attached hydrogen (secondary N) is 1. The Morgan fingerprint density at radius 2 is 1.79 bits per heavy atom. The minimum absolute atomic E-state index is 0.106. The van der Waals surface area contributed by atoms with Gasteiger partial charge in [0.25, 0.3) is 0 Å². The number of hydrogen-bond donors (Lipinski definition) is 2. The fourth-order valence-corrected chi connectivity index (χ4v) is 2.58. The van der Waals surface area contributed by atoms with Gasteiger partial charge in [0.2, 0.25) is 10.9 Å². The molecule has 0 saturated carbocycles. The summed E-state index contributed by atoms with van der Waals surface area (Å²) < 4.78 is 48.5. The molecule has 0 fully saturated rings. The molecule has 0 aliphatic carbocycles. The van der Waals surface area contributed by atoms with Crippen LogP contribution in [0.4, 0.5) is 10.1 Å². The molecule has 1 heterocycles. The van der Waals surface area contributed by atoms with E-state index in [1.807, 2.05) is 0 Å². The van der Waals surface area contributed by atoms with E-state index in [1.54, 1.807) is 36.4 Å². The van der Waals surface area contributed by atoms with Crippen molar-refractivity contribution in [2.75, 3.05) is 11.8 Å². The summed E-state index contributed by atoms with van der Waals surface area (Å²) in [6.45, 7) is 0. The lowest BCUT2D eigenvalue weighted by Gasteiger charge is -2.10. The average molecular weight is 348 g/mol. The van der Waals surface area contributed by atoms with Crippen LogP contribution >= 0.6 is 0 Å². The zero-order valence-electron chi connectivity index (χ0n) is 12.5. The van der Waals surface area contributed by atoms with Crippen LogP contribution in [0.15, 0.2) is 48.7 Å². The number of hydrogen-bond acceptors (Lipinski definition) is 5. The van der Waals surface area contributed by atoms with Crippen LogP contribution < -0.4 is 14.2 Å². The second-order valence-corrected chi connectivity index (χ2v) is 5.52. The van der Waals surface area contributed by atoms with Crippen LogP contribution in [0, 0.1) is 5.82 Å². The van der Waals surface area contributed by atoms with Crippen LogP contribution in [-0.4, -0.2) is 20.5 Å². The van der Waals surface area contributed by atoms with Gasteiger partial charge in [0.1, 0.15) is 17.0 Å². The van der Waals surface area contributed by atoms with Crippen molar-refractivity contribution in [1.82, 2.24) is 4.98 Å². The number of benzene rings is 2. The first-order valence-electron chi connectivity index (χ1n) is 6.88. The molecule has 3 aromatic rings. The van der Waals surface area contributed by atoms with Crippen molar-refractivity contribution in [2.24, 2.45) is 0 Å². The Morgan fingerprint density at radius 3 is 2.46 bits per heavy atom. The highest BCUT2D eigenvalue weighted by Crippen LogP contribution is 2.33. The van der Waals surface area contributed by atoms with Crippen molar-refractivity contribution in [1.29, 1.82) is 0 Å². The molecule has 0 aliphatic rings. The molecule has 124 valence electrons. The number of thiol groups is 1. The average Bonchev–Trinajstić information content (AvgIpc) is 2.57.